The third-order valence-corrected chi connectivity index (χ3v) is 15.9. The topological polar surface area (TPSA) is 244 Å². The van der Waals surface area contributed by atoms with Crippen LogP contribution in [0.5, 0.6) is 0 Å². The molecular weight excluding hydrogens is 1000 g/mol. The second-order valence-electron chi connectivity index (χ2n) is 17.3. The highest BCUT2D eigenvalue weighted by Crippen LogP contribution is 2.32. The van der Waals surface area contributed by atoms with Gasteiger partial charge in [-0.2, -0.15) is 0 Å². The Bertz CT molecular complexity index is 3470. The molecule has 4 aromatic carbocycles. The van der Waals surface area contributed by atoms with Crippen LogP contribution in [0, 0.1) is 0 Å². The Kier molecular flexibility index (Phi) is 15.4. The summed E-state index contributed by atoms with van der Waals surface area (Å²) in [6.07, 6.45) is 5.16. The van der Waals surface area contributed by atoms with Gasteiger partial charge in [-0.05, 0) is 102 Å². The number of nitrogens with two attached hydrogens (primary N) is 2. The summed E-state index contributed by atoms with van der Waals surface area (Å²) in [4.78, 5) is 37.2. The number of esters is 1. The zero-order valence-electron chi connectivity index (χ0n) is 39.2. The zero-order valence-corrected chi connectivity index (χ0v) is 42.4. The number of carbonyl (C=O) groups excluding carboxylic acids is 1. The van der Waals surface area contributed by atoms with Crippen molar-refractivity contribution >= 4 is 76.5 Å². The monoisotopic (exact) mass is 1050 g/mol. The van der Waals surface area contributed by atoms with Crippen molar-refractivity contribution in [2.75, 3.05) is 59.2 Å². The number of morpholine rings is 2. The summed E-state index contributed by atoms with van der Waals surface area (Å²) >= 11 is 2.65. The van der Waals surface area contributed by atoms with Gasteiger partial charge in [-0.25, -0.2) is 46.7 Å². The lowest BCUT2D eigenvalue weighted by Crippen LogP contribution is -2.35. The van der Waals surface area contributed by atoms with Crippen LogP contribution >= 0.6 is 22.7 Å². The molecule has 18 nitrogen and oxygen atoms in total. The fourth-order valence-electron chi connectivity index (χ4n) is 8.70. The highest BCUT2D eigenvalue weighted by molar-refractivity contribution is 7.89. The second kappa shape index (κ2) is 21.9. The molecule has 376 valence electrons. The summed E-state index contributed by atoms with van der Waals surface area (Å²) < 4.78 is 66.5. The molecule has 22 heteroatoms. The summed E-state index contributed by atoms with van der Waals surface area (Å²) in [5.74, 6) is -1.50. The molecule has 6 heterocycles. The van der Waals surface area contributed by atoms with Crippen molar-refractivity contribution < 1.29 is 45.7 Å². The Hall–Kier alpha value is -6.18. The van der Waals surface area contributed by atoms with Crippen molar-refractivity contribution in [3.63, 3.8) is 0 Å². The molecular formula is C50H52N8O10S4. The van der Waals surface area contributed by atoms with Crippen LogP contribution < -0.4 is 10.3 Å². The van der Waals surface area contributed by atoms with Crippen LogP contribution in [0.15, 0.2) is 118 Å². The van der Waals surface area contributed by atoms with E-state index in [1.165, 1.54) is 63.4 Å². The number of carbonyl (C=O) groups is 2. The lowest BCUT2D eigenvalue weighted by molar-refractivity contribution is 0.0341. The quantitative estimate of drug-likeness (QED) is 0.0970. The minimum Gasteiger partial charge on any atom is -0.476 e. The number of carboxylic acid groups (broad SMARTS) is 1. The molecule has 0 radical (unpaired) electrons. The molecule has 10 rings (SSSR count). The van der Waals surface area contributed by atoms with Crippen molar-refractivity contribution in [3.8, 4) is 10.3 Å². The molecule has 72 heavy (non-hydrogen) atoms. The first kappa shape index (κ1) is 50.7. The smallest absolute Gasteiger partial charge is 0.357 e. The minimum atomic E-state index is -3.76. The molecule has 4 aromatic heterocycles. The summed E-state index contributed by atoms with van der Waals surface area (Å²) in [6.45, 7) is 10.2. The molecule has 0 aliphatic carbocycles. The number of primary sulfonamides is 2. The van der Waals surface area contributed by atoms with Crippen LogP contribution in [0.3, 0.4) is 0 Å². The number of fused-ring (bicyclic) bond motifs is 2. The van der Waals surface area contributed by atoms with E-state index < -0.39 is 32.0 Å². The average Bonchev–Trinajstić information content (AvgIpc) is 4.19. The van der Waals surface area contributed by atoms with E-state index in [2.05, 4.69) is 50.1 Å². The van der Waals surface area contributed by atoms with Gasteiger partial charge < -0.3 is 19.3 Å². The maximum absolute atomic E-state index is 12.2. The summed E-state index contributed by atoms with van der Waals surface area (Å²) in [7, 11) is -7.51. The Morgan fingerprint density at radius 3 is 1.42 bits per heavy atom. The van der Waals surface area contributed by atoms with Gasteiger partial charge in [-0.15, -0.1) is 22.7 Å². The highest BCUT2D eigenvalue weighted by Gasteiger charge is 2.21. The van der Waals surface area contributed by atoms with Crippen molar-refractivity contribution in [1.82, 2.24) is 28.9 Å². The highest BCUT2D eigenvalue weighted by atomic mass is 32.2. The van der Waals surface area contributed by atoms with Crippen molar-refractivity contribution in [1.29, 1.82) is 0 Å². The van der Waals surface area contributed by atoms with Gasteiger partial charge in [-0.3, -0.25) is 18.9 Å². The standard InChI is InChI=1S/C26H28N4O5S2.C24H24N4O5S2/c1-2-35-25(31)23-17-36-26(28-23)30-16-20(13-18-3-6-21(7-4-18)37(27,32)33)22-14-19(5-8-24(22)30)15-29-9-11-34-12-10-29;25-35(31,32)19-4-1-16(2-5-19)11-18-14-28(24-26-21(15-34-24)23(29)30)22-6-3-17(12-20(18)22)13-27-7-9-33-10-8-27/h3-8,14,16-17H,2,9-13,15H2,1H3,(H2,27,32,33);1-6,12,14-15H,7-11,13H2,(H,29,30)(H2,25,31,32). The fourth-order valence-corrected chi connectivity index (χ4v) is 11.3. The van der Waals surface area contributed by atoms with Gasteiger partial charge in [0.05, 0.1) is 53.9 Å². The molecule has 8 aromatic rings. The number of ether oxygens (including phenoxy) is 3. The second-order valence-corrected chi connectivity index (χ2v) is 22.1. The Morgan fingerprint density at radius 1 is 0.625 bits per heavy atom. The first-order valence-electron chi connectivity index (χ1n) is 23.0. The van der Waals surface area contributed by atoms with Crippen LogP contribution in [0.2, 0.25) is 0 Å². The van der Waals surface area contributed by atoms with Crippen molar-refractivity contribution in [3.05, 3.63) is 153 Å². The Balaban J connectivity index is 0.000000178. The van der Waals surface area contributed by atoms with E-state index in [0.717, 1.165) is 110 Å². The predicted molar refractivity (Wildman–Crippen MR) is 274 cm³/mol. The van der Waals surface area contributed by atoms with E-state index in [1.807, 2.05) is 27.6 Å². The molecule has 5 N–H and O–H groups in total. The molecule has 0 unspecified atom stereocenters. The van der Waals surface area contributed by atoms with Gasteiger partial charge in [0, 0.05) is 73.2 Å². The summed E-state index contributed by atoms with van der Waals surface area (Å²) in [5, 5.41) is 26.4. The number of aromatic carboxylic acids is 1. The number of hydrogen-bond donors (Lipinski definition) is 3. The molecule has 0 bridgehead atoms. The number of nitrogens with zero attached hydrogens (tertiary/aromatic N) is 6. The Morgan fingerprint density at radius 2 is 1.03 bits per heavy atom. The van der Waals surface area contributed by atoms with Gasteiger partial charge in [0.15, 0.2) is 21.7 Å². The minimum absolute atomic E-state index is 0.0101. The van der Waals surface area contributed by atoms with Crippen LogP contribution in [0.25, 0.3) is 32.1 Å². The first-order valence-corrected chi connectivity index (χ1v) is 27.9. The van der Waals surface area contributed by atoms with E-state index in [1.54, 1.807) is 36.6 Å². The molecule has 0 atom stereocenters. The number of aromatic nitrogens is 4. The average molecular weight is 1050 g/mol. The van der Waals surface area contributed by atoms with Crippen molar-refractivity contribution in [2.24, 2.45) is 10.3 Å². The van der Waals surface area contributed by atoms with Crippen LogP contribution in [0.4, 0.5) is 0 Å². The Labute approximate surface area is 424 Å². The van der Waals surface area contributed by atoms with Gasteiger partial charge in [0.25, 0.3) is 0 Å². The molecule has 2 fully saturated rings. The number of hydrogen-bond acceptors (Lipinski definition) is 15. The third-order valence-electron chi connectivity index (χ3n) is 12.3. The molecule has 2 aliphatic rings. The van der Waals surface area contributed by atoms with Crippen molar-refractivity contribution in [2.45, 2.75) is 42.6 Å². The van der Waals surface area contributed by atoms with E-state index in [-0.39, 0.29) is 21.2 Å². The first-order chi connectivity index (χ1) is 34.6. The number of benzene rings is 4. The molecule has 0 saturated carbocycles. The van der Waals surface area contributed by atoms with Gasteiger partial charge in [0.1, 0.15) is 0 Å². The normalized spacial score (nSPS) is 14.9. The zero-order chi connectivity index (χ0) is 50.6. The number of sulfonamides is 2. The maximum atomic E-state index is 12.2. The summed E-state index contributed by atoms with van der Waals surface area (Å²) in [6, 6.07) is 25.9. The van der Waals surface area contributed by atoms with Crippen LogP contribution in [-0.4, -0.2) is 122 Å². The van der Waals surface area contributed by atoms with E-state index >= 15 is 0 Å². The number of carboxylic acids is 1. The van der Waals surface area contributed by atoms with Gasteiger partial charge >= 0.3 is 11.9 Å². The lowest BCUT2D eigenvalue weighted by atomic mass is 10.0. The lowest BCUT2D eigenvalue weighted by Gasteiger charge is -2.26. The maximum Gasteiger partial charge on any atom is 0.357 e. The third kappa shape index (κ3) is 12.0. The summed E-state index contributed by atoms with van der Waals surface area (Å²) in [5.41, 5.74) is 8.55. The molecule has 2 aliphatic heterocycles. The SMILES string of the molecule is CCOC(=O)c1csc(-n2cc(Cc3ccc(S(N)(=O)=O)cc3)c3cc(CN4CCOCC4)ccc32)n1.NS(=O)(=O)c1ccc(Cc2cn(-c3nc(C(=O)O)cs3)c3ccc(CN4CCOCC4)cc23)cc1. The van der Waals surface area contributed by atoms with Gasteiger partial charge in [-0.1, -0.05) is 36.4 Å². The fraction of sp³-hybridized carbons (Fsp3) is 0.280. The molecule has 0 spiro atoms. The van der Waals surface area contributed by atoms with Crippen LogP contribution in [-0.2, 0) is 60.2 Å². The van der Waals surface area contributed by atoms with E-state index in [0.29, 0.717) is 29.7 Å². The number of rotatable bonds is 15. The van der Waals surface area contributed by atoms with Gasteiger partial charge in [0.2, 0.25) is 20.0 Å². The van der Waals surface area contributed by atoms with Crippen LogP contribution in [0.1, 0.15) is 61.3 Å². The molecule has 0 amide bonds. The largest absolute Gasteiger partial charge is 0.476 e. The number of thiazole rings is 2. The molecule has 2 saturated heterocycles. The van der Waals surface area contributed by atoms with E-state index in [9.17, 15) is 31.5 Å². The predicted octanol–water partition coefficient (Wildman–Crippen LogP) is 6.19. The van der Waals surface area contributed by atoms with E-state index in [4.69, 9.17) is 24.5 Å².